The Balaban J connectivity index is 1.74. The van der Waals surface area contributed by atoms with Gasteiger partial charge in [0.1, 0.15) is 0 Å². The van der Waals surface area contributed by atoms with Crippen LogP contribution in [-0.4, -0.2) is 30.7 Å². The summed E-state index contributed by atoms with van der Waals surface area (Å²) in [7, 11) is 0. The molecule has 0 spiro atoms. The highest BCUT2D eigenvalue weighted by Gasteiger charge is 2.29. The first-order chi connectivity index (χ1) is 14.7. The van der Waals surface area contributed by atoms with Crippen molar-refractivity contribution in [2.75, 3.05) is 13.2 Å². The molecule has 0 aromatic heterocycles. The van der Waals surface area contributed by atoms with Crippen LogP contribution < -0.4 is 5.32 Å². The highest BCUT2D eigenvalue weighted by Crippen LogP contribution is 2.40. The van der Waals surface area contributed by atoms with Crippen molar-refractivity contribution in [1.29, 1.82) is 0 Å². The Hall–Kier alpha value is -2.17. The Morgan fingerprint density at radius 1 is 1.16 bits per heavy atom. The number of hydrogen-bond acceptors (Lipinski definition) is 4. The number of nitrogens with one attached hydrogen (secondary N) is 1. The van der Waals surface area contributed by atoms with Gasteiger partial charge >= 0.3 is 5.97 Å². The first kappa shape index (κ1) is 23.5. The second kappa shape index (κ2) is 10.4. The zero-order valence-corrected chi connectivity index (χ0v) is 19.6. The third kappa shape index (κ3) is 6.91. The van der Waals surface area contributed by atoms with Crippen molar-refractivity contribution >= 4 is 23.3 Å². The van der Waals surface area contributed by atoms with Gasteiger partial charge in [-0.05, 0) is 67.2 Å². The number of hydrogen-bond donors (Lipinski definition) is 1. The molecule has 1 aromatic rings. The third-order valence-corrected chi connectivity index (χ3v) is 6.39. The lowest BCUT2D eigenvalue weighted by atomic mass is 9.71. The number of aliphatic imine (C=N–C) groups is 1. The van der Waals surface area contributed by atoms with Gasteiger partial charge in [0.15, 0.2) is 0 Å². The van der Waals surface area contributed by atoms with Crippen molar-refractivity contribution in [3.05, 3.63) is 29.3 Å². The van der Waals surface area contributed by atoms with Crippen LogP contribution in [-0.2, 0) is 16.0 Å². The van der Waals surface area contributed by atoms with Gasteiger partial charge in [0.05, 0.1) is 17.9 Å². The highest BCUT2D eigenvalue weighted by atomic mass is 16.5. The van der Waals surface area contributed by atoms with Crippen LogP contribution in [0.1, 0.15) is 88.6 Å². The number of benzene rings is 1. The molecule has 1 unspecified atom stereocenters. The number of ether oxygens (including phenoxy) is 1. The zero-order chi connectivity index (χ0) is 22.4. The fourth-order valence-electron chi connectivity index (χ4n) is 4.56. The average Bonchev–Trinajstić information content (AvgIpc) is 2.62. The SMILES string of the molecule is CCOC(=O)c1ccc2c(c1)CCC(C1CCC1)CC(CCNC(=O)CC(C)(C)C)=N2. The highest BCUT2D eigenvalue weighted by molar-refractivity contribution is 5.91. The van der Waals surface area contributed by atoms with E-state index in [4.69, 9.17) is 9.73 Å². The van der Waals surface area contributed by atoms with Crippen molar-refractivity contribution < 1.29 is 14.3 Å². The largest absolute Gasteiger partial charge is 0.462 e. The minimum Gasteiger partial charge on any atom is -0.462 e. The summed E-state index contributed by atoms with van der Waals surface area (Å²) in [6, 6.07) is 5.72. The molecule has 1 aromatic carbocycles. The van der Waals surface area contributed by atoms with Crippen LogP contribution in [0, 0.1) is 17.3 Å². The molecular weight excluding hydrogens is 388 g/mol. The molecule has 1 amide bonds. The molecule has 1 atom stereocenters. The molecule has 1 aliphatic heterocycles. The summed E-state index contributed by atoms with van der Waals surface area (Å²) in [5.74, 6) is 1.26. The van der Waals surface area contributed by atoms with E-state index in [1.807, 2.05) is 25.1 Å². The van der Waals surface area contributed by atoms with Gasteiger partial charge in [-0.15, -0.1) is 0 Å². The first-order valence-electron chi connectivity index (χ1n) is 11.9. The molecule has 1 saturated carbocycles. The van der Waals surface area contributed by atoms with Crippen LogP contribution in [0.25, 0.3) is 0 Å². The van der Waals surface area contributed by atoms with Crippen molar-refractivity contribution in [2.45, 2.75) is 79.1 Å². The Labute approximate surface area is 187 Å². The van der Waals surface area contributed by atoms with Crippen molar-refractivity contribution in [3.63, 3.8) is 0 Å². The van der Waals surface area contributed by atoms with E-state index in [2.05, 4.69) is 26.1 Å². The van der Waals surface area contributed by atoms with Gasteiger partial charge in [0, 0.05) is 25.1 Å². The molecule has 5 nitrogen and oxygen atoms in total. The van der Waals surface area contributed by atoms with Crippen LogP contribution in [0.3, 0.4) is 0 Å². The summed E-state index contributed by atoms with van der Waals surface area (Å²) < 4.78 is 5.18. The minimum atomic E-state index is -0.270. The standard InChI is InChI=1S/C26H38N2O3/c1-5-31-25(30)21-11-12-23-20(15-21)10-9-19(18-7-6-8-18)16-22(28-23)13-14-27-24(29)17-26(2,3)4/h11-12,15,18-19H,5-10,13-14,16-17H2,1-4H3,(H,27,29). The van der Waals surface area contributed by atoms with Crippen molar-refractivity contribution in [1.82, 2.24) is 5.32 Å². The molecule has 170 valence electrons. The lowest BCUT2D eigenvalue weighted by Crippen LogP contribution is -2.31. The Morgan fingerprint density at radius 3 is 2.58 bits per heavy atom. The lowest BCUT2D eigenvalue weighted by Gasteiger charge is -2.35. The van der Waals surface area contributed by atoms with E-state index < -0.39 is 0 Å². The van der Waals surface area contributed by atoms with E-state index in [9.17, 15) is 9.59 Å². The van der Waals surface area contributed by atoms with E-state index in [0.717, 1.165) is 48.6 Å². The normalized spacial score (nSPS) is 19.4. The molecule has 0 radical (unpaired) electrons. The molecule has 31 heavy (non-hydrogen) atoms. The predicted molar refractivity (Wildman–Crippen MR) is 125 cm³/mol. The molecule has 1 N–H and O–H groups in total. The average molecular weight is 427 g/mol. The van der Waals surface area contributed by atoms with Crippen LogP contribution in [0.4, 0.5) is 5.69 Å². The summed E-state index contributed by atoms with van der Waals surface area (Å²) in [4.78, 5) is 29.4. The summed E-state index contributed by atoms with van der Waals surface area (Å²) in [6.45, 7) is 9.07. The Morgan fingerprint density at radius 2 is 1.94 bits per heavy atom. The first-order valence-corrected chi connectivity index (χ1v) is 11.9. The maximum Gasteiger partial charge on any atom is 0.338 e. The predicted octanol–water partition coefficient (Wildman–Crippen LogP) is 5.63. The summed E-state index contributed by atoms with van der Waals surface area (Å²) in [6.07, 6.45) is 8.36. The number of nitrogens with zero attached hydrogens (tertiary/aromatic N) is 1. The fourth-order valence-corrected chi connectivity index (χ4v) is 4.56. The quantitative estimate of drug-likeness (QED) is 0.575. The number of carbonyl (C=O) groups excluding carboxylic acids is 2. The topological polar surface area (TPSA) is 67.8 Å². The number of fused-ring (bicyclic) bond motifs is 1. The number of aryl methyl sites for hydroxylation is 1. The van der Waals surface area contributed by atoms with Crippen LogP contribution >= 0.6 is 0 Å². The van der Waals surface area contributed by atoms with Gasteiger partial charge in [-0.2, -0.15) is 0 Å². The maximum absolute atomic E-state index is 12.2. The van der Waals surface area contributed by atoms with Crippen LogP contribution in [0.2, 0.25) is 0 Å². The Kier molecular flexibility index (Phi) is 7.90. The van der Waals surface area contributed by atoms with Gasteiger partial charge < -0.3 is 10.1 Å². The van der Waals surface area contributed by atoms with E-state index in [-0.39, 0.29) is 17.3 Å². The molecule has 1 fully saturated rings. The van der Waals surface area contributed by atoms with Gasteiger partial charge in [0.25, 0.3) is 0 Å². The van der Waals surface area contributed by atoms with Gasteiger partial charge in [0.2, 0.25) is 5.91 Å². The smallest absolute Gasteiger partial charge is 0.338 e. The summed E-state index contributed by atoms with van der Waals surface area (Å²) in [5, 5.41) is 3.08. The zero-order valence-electron chi connectivity index (χ0n) is 19.6. The number of esters is 1. The van der Waals surface area contributed by atoms with Gasteiger partial charge in [-0.1, -0.05) is 40.0 Å². The van der Waals surface area contributed by atoms with E-state index >= 15 is 0 Å². The van der Waals surface area contributed by atoms with Gasteiger partial charge in [-0.3, -0.25) is 9.79 Å². The van der Waals surface area contributed by atoms with Crippen molar-refractivity contribution in [3.8, 4) is 0 Å². The summed E-state index contributed by atoms with van der Waals surface area (Å²) >= 11 is 0. The van der Waals surface area contributed by atoms with Gasteiger partial charge in [-0.25, -0.2) is 4.79 Å². The molecule has 0 bridgehead atoms. The second-order valence-electron chi connectivity index (χ2n) is 10.3. The molecular formula is C26H38N2O3. The number of carbonyl (C=O) groups is 2. The lowest BCUT2D eigenvalue weighted by molar-refractivity contribution is -0.122. The molecule has 2 aliphatic rings. The van der Waals surface area contributed by atoms with Crippen molar-refractivity contribution in [2.24, 2.45) is 22.2 Å². The second-order valence-corrected chi connectivity index (χ2v) is 10.3. The minimum absolute atomic E-state index is 0.00721. The summed E-state index contributed by atoms with van der Waals surface area (Å²) in [5.41, 5.74) is 3.84. The molecule has 1 aliphatic carbocycles. The van der Waals surface area contributed by atoms with Crippen LogP contribution in [0.5, 0.6) is 0 Å². The van der Waals surface area contributed by atoms with E-state index in [1.165, 1.54) is 19.3 Å². The fraction of sp³-hybridized carbons (Fsp3) is 0.654. The molecule has 5 heteroatoms. The maximum atomic E-state index is 12.2. The van der Waals surface area contributed by atoms with E-state index in [0.29, 0.717) is 31.1 Å². The van der Waals surface area contributed by atoms with Crippen LogP contribution in [0.15, 0.2) is 23.2 Å². The molecule has 0 saturated heterocycles. The number of amides is 1. The molecule has 3 rings (SSSR count). The third-order valence-electron chi connectivity index (χ3n) is 6.39. The van der Waals surface area contributed by atoms with E-state index in [1.54, 1.807) is 0 Å². The monoisotopic (exact) mass is 426 g/mol. The number of rotatable bonds is 7. The Bertz CT molecular complexity index is 818. The molecule has 1 heterocycles.